The Morgan fingerprint density at radius 1 is 1.23 bits per heavy atom. The van der Waals surface area contributed by atoms with Gasteiger partial charge in [-0.1, -0.05) is 19.3 Å². The van der Waals surface area contributed by atoms with Crippen LogP contribution in [0.2, 0.25) is 0 Å². The van der Waals surface area contributed by atoms with Crippen molar-refractivity contribution in [2.75, 3.05) is 26.3 Å². The largest absolute Gasteiger partial charge is 0.455 e. The van der Waals surface area contributed by atoms with Crippen molar-refractivity contribution in [3.05, 3.63) is 45.7 Å². The lowest BCUT2D eigenvalue weighted by atomic mass is 9.84. The van der Waals surface area contributed by atoms with Crippen LogP contribution < -0.4 is 9.64 Å². The van der Waals surface area contributed by atoms with Crippen LogP contribution in [0.4, 0.5) is 5.69 Å². The summed E-state index contributed by atoms with van der Waals surface area (Å²) >= 11 is 0. The Balaban J connectivity index is 1.72. The molecule has 0 aromatic heterocycles. The van der Waals surface area contributed by atoms with E-state index in [-0.39, 0.29) is 16.7 Å². The Labute approximate surface area is 152 Å². The average molecular weight is 361 g/mol. The zero-order valence-electron chi connectivity index (χ0n) is 14.8. The van der Waals surface area contributed by atoms with Crippen molar-refractivity contribution in [2.45, 2.75) is 43.7 Å². The normalized spacial score (nSPS) is 27.1. The van der Waals surface area contributed by atoms with Crippen LogP contribution >= 0.6 is 0 Å². The number of hydrogen-bond acceptors (Lipinski definition) is 5. The number of nitrogens with zero attached hydrogens (tertiary/aromatic N) is 1. The molecule has 4 rings (SSSR count). The summed E-state index contributed by atoms with van der Waals surface area (Å²) in [7, 11) is 0. The minimum Gasteiger partial charge on any atom is -0.455 e. The first kappa shape index (κ1) is 17.5. The van der Waals surface area contributed by atoms with E-state index in [1.807, 2.05) is 6.08 Å². The molecule has 0 spiro atoms. The van der Waals surface area contributed by atoms with E-state index in [1.54, 1.807) is 12.1 Å². The predicted octanol–water partition coefficient (Wildman–Crippen LogP) is 1.52. The first-order valence-electron chi connectivity index (χ1n) is 9.39. The Kier molecular flexibility index (Phi) is 4.69. The van der Waals surface area contributed by atoms with Crippen LogP contribution in [0.15, 0.2) is 30.0 Å². The Hall–Kier alpha value is -1.96. The van der Waals surface area contributed by atoms with Crippen LogP contribution in [-0.2, 0) is 4.74 Å². The SMILES string of the molecule is O=[N+]([O-])c1ccc2c(c1)[C@H]([NH+]1CCOCC1)/C(=C\C1(O)CCCCC1)O2. The summed E-state index contributed by atoms with van der Waals surface area (Å²) in [6.45, 7) is 2.94. The van der Waals surface area contributed by atoms with E-state index in [2.05, 4.69) is 0 Å². The number of non-ortho nitro benzene ring substituents is 1. The van der Waals surface area contributed by atoms with Crippen molar-refractivity contribution in [2.24, 2.45) is 0 Å². The fourth-order valence-electron chi connectivity index (χ4n) is 4.34. The molecular formula is C19H25N2O5+. The maximum atomic E-state index is 11.2. The molecule has 7 nitrogen and oxygen atoms in total. The van der Waals surface area contributed by atoms with Crippen molar-refractivity contribution in [1.82, 2.24) is 0 Å². The molecule has 140 valence electrons. The highest BCUT2D eigenvalue weighted by Gasteiger charge is 2.42. The molecule has 0 radical (unpaired) electrons. The second kappa shape index (κ2) is 6.98. The smallest absolute Gasteiger partial charge is 0.270 e. The van der Waals surface area contributed by atoms with E-state index in [0.29, 0.717) is 19.0 Å². The third-order valence-corrected chi connectivity index (χ3v) is 5.70. The summed E-state index contributed by atoms with van der Waals surface area (Å²) < 4.78 is 11.6. The van der Waals surface area contributed by atoms with Gasteiger partial charge in [0.25, 0.3) is 5.69 Å². The van der Waals surface area contributed by atoms with E-state index >= 15 is 0 Å². The molecule has 0 amide bonds. The summed E-state index contributed by atoms with van der Waals surface area (Å²) in [5.74, 6) is 1.38. The van der Waals surface area contributed by atoms with Crippen LogP contribution in [-0.4, -0.2) is 41.9 Å². The number of ether oxygens (including phenoxy) is 2. The summed E-state index contributed by atoms with van der Waals surface area (Å²) in [5, 5.41) is 22.2. The second-order valence-corrected chi connectivity index (χ2v) is 7.50. The zero-order valence-corrected chi connectivity index (χ0v) is 14.8. The minimum atomic E-state index is -0.842. The molecule has 2 heterocycles. The lowest BCUT2D eigenvalue weighted by Gasteiger charge is -2.32. The number of quaternary nitrogens is 1. The Morgan fingerprint density at radius 3 is 2.65 bits per heavy atom. The average Bonchev–Trinajstić information content (AvgIpc) is 2.99. The summed E-state index contributed by atoms with van der Waals surface area (Å²) in [4.78, 5) is 12.1. The van der Waals surface area contributed by atoms with Gasteiger partial charge in [-0.15, -0.1) is 0 Å². The van der Waals surface area contributed by atoms with Crippen LogP contribution in [0.3, 0.4) is 0 Å². The maximum Gasteiger partial charge on any atom is 0.270 e. The van der Waals surface area contributed by atoms with Gasteiger partial charge >= 0.3 is 0 Å². The number of nitro groups is 1. The highest BCUT2D eigenvalue weighted by atomic mass is 16.6. The molecular weight excluding hydrogens is 336 g/mol. The predicted molar refractivity (Wildman–Crippen MR) is 94.1 cm³/mol. The van der Waals surface area contributed by atoms with Crippen molar-refractivity contribution in [3.8, 4) is 5.75 Å². The number of rotatable bonds is 3. The van der Waals surface area contributed by atoms with Gasteiger partial charge in [0.2, 0.25) is 0 Å². The Bertz CT molecular complexity index is 721. The van der Waals surface area contributed by atoms with Crippen molar-refractivity contribution in [3.63, 3.8) is 0 Å². The van der Waals surface area contributed by atoms with Gasteiger partial charge in [-0.3, -0.25) is 10.1 Å². The van der Waals surface area contributed by atoms with Gasteiger partial charge in [0.1, 0.15) is 18.8 Å². The molecule has 2 fully saturated rings. The van der Waals surface area contributed by atoms with E-state index in [0.717, 1.165) is 56.5 Å². The number of nitro benzene ring substituents is 1. The molecule has 2 aliphatic heterocycles. The van der Waals surface area contributed by atoms with Gasteiger partial charge in [0, 0.05) is 12.1 Å². The second-order valence-electron chi connectivity index (χ2n) is 7.50. The summed E-state index contributed by atoms with van der Waals surface area (Å²) in [6, 6.07) is 4.64. The van der Waals surface area contributed by atoms with Crippen LogP contribution in [0.1, 0.15) is 43.7 Å². The van der Waals surface area contributed by atoms with Gasteiger partial charge < -0.3 is 19.5 Å². The molecule has 0 unspecified atom stereocenters. The number of nitrogens with one attached hydrogen (secondary N) is 1. The number of hydrogen-bond donors (Lipinski definition) is 2. The molecule has 3 aliphatic rings. The molecule has 1 aromatic carbocycles. The molecule has 1 saturated carbocycles. The van der Waals surface area contributed by atoms with Gasteiger partial charge in [-0.2, -0.15) is 0 Å². The molecule has 1 saturated heterocycles. The first-order chi connectivity index (χ1) is 12.6. The molecule has 26 heavy (non-hydrogen) atoms. The van der Waals surface area contributed by atoms with Gasteiger partial charge in [0.05, 0.1) is 29.3 Å². The van der Waals surface area contributed by atoms with Gasteiger partial charge in [-0.05, 0) is 25.0 Å². The summed E-state index contributed by atoms with van der Waals surface area (Å²) in [6.07, 6.45) is 6.52. The van der Waals surface area contributed by atoms with Crippen LogP contribution in [0.25, 0.3) is 0 Å². The summed E-state index contributed by atoms with van der Waals surface area (Å²) in [5.41, 5.74) is 0.0651. The van der Waals surface area contributed by atoms with Crippen molar-refractivity contribution in [1.29, 1.82) is 0 Å². The fraction of sp³-hybridized carbons (Fsp3) is 0.579. The minimum absolute atomic E-state index is 0.0719. The van der Waals surface area contributed by atoms with E-state index in [9.17, 15) is 15.2 Å². The molecule has 7 heteroatoms. The third kappa shape index (κ3) is 3.34. The number of benzene rings is 1. The maximum absolute atomic E-state index is 11.2. The Morgan fingerprint density at radius 2 is 1.96 bits per heavy atom. The van der Waals surface area contributed by atoms with Crippen LogP contribution in [0.5, 0.6) is 5.75 Å². The highest BCUT2D eigenvalue weighted by Crippen LogP contribution is 2.41. The van der Waals surface area contributed by atoms with Crippen molar-refractivity contribution < 1.29 is 24.4 Å². The zero-order chi connectivity index (χ0) is 18.1. The number of morpholine rings is 1. The van der Waals surface area contributed by atoms with E-state index in [4.69, 9.17) is 9.47 Å². The van der Waals surface area contributed by atoms with Gasteiger partial charge in [0.15, 0.2) is 11.8 Å². The number of fused-ring (bicyclic) bond motifs is 1. The van der Waals surface area contributed by atoms with E-state index < -0.39 is 5.60 Å². The third-order valence-electron chi connectivity index (χ3n) is 5.70. The lowest BCUT2D eigenvalue weighted by molar-refractivity contribution is -0.933. The molecule has 2 N–H and O–H groups in total. The van der Waals surface area contributed by atoms with E-state index in [1.165, 1.54) is 11.0 Å². The first-order valence-corrected chi connectivity index (χ1v) is 9.39. The molecule has 1 aromatic rings. The fourth-order valence-corrected chi connectivity index (χ4v) is 4.34. The topological polar surface area (TPSA) is 86.3 Å². The molecule has 1 aliphatic carbocycles. The monoisotopic (exact) mass is 361 g/mol. The quantitative estimate of drug-likeness (QED) is 0.630. The molecule has 1 atom stereocenters. The standard InChI is InChI=1S/C19H24N2O5/c22-19(6-2-1-3-7-19)13-17-18(20-8-10-25-11-9-20)15-12-14(21(23)24)4-5-16(15)26-17/h4-5,12-13,18,22H,1-3,6-11H2/p+1/b17-13+/t18-/m0/s1. The van der Waals surface area contributed by atoms with Gasteiger partial charge in [-0.25, -0.2) is 0 Å². The number of aliphatic hydroxyl groups is 1. The van der Waals surface area contributed by atoms with Crippen molar-refractivity contribution >= 4 is 5.69 Å². The highest BCUT2D eigenvalue weighted by molar-refractivity contribution is 5.51. The lowest BCUT2D eigenvalue weighted by Crippen LogP contribution is -3.14. The molecule has 0 bridgehead atoms. The van der Waals surface area contributed by atoms with Crippen LogP contribution in [0, 0.1) is 10.1 Å².